The summed E-state index contributed by atoms with van der Waals surface area (Å²) in [6.45, 7) is 2.09. The van der Waals surface area contributed by atoms with Crippen molar-refractivity contribution in [3.8, 4) is 22.4 Å². The van der Waals surface area contributed by atoms with Crippen molar-refractivity contribution in [3.63, 3.8) is 0 Å². The fourth-order valence-electron chi connectivity index (χ4n) is 2.79. The first-order valence-corrected chi connectivity index (χ1v) is 7.28. The van der Waals surface area contributed by atoms with E-state index in [0.29, 0.717) is 0 Å². The minimum atomic E-state index is 1.06. The van der Waals surface area contributed by atoms with Crippen molar-refractivity contribution in [1.29, 1.82) is 0 Å². The van der Waals surface area contributed by atoms with E-state index in [0.717, 1.165) is 22.3 Å². The number of rotatable bonds is 2. The molecule has 0 saturated heterocycles. The highest BCUT2D eigenvalue weighted by molar-refractivity contribution is 5.82. The second-order valence-corrected chi connectivity index (χ2v) is 5.32. The van der Waals surface area contributed by atoms with Gasteiger partial charge in [0.15, 0.2) is 0 Å². The lowest BCUT2D eigenvalue weighted by molar-refractivity contribution is 0.966. The van der Waals surface area contributed by atoms with Gasteiger partial charge in [-0.05, 0) is 36.2 Å². The molecule has 0 spiro atoms. The third kappa shape index (κ3) is 1.99. The molecule has 0 bridgehead atoms. The molecule has 0 atom stereocenters. The summed E-state index contributed by atoms with van der Waals surface area (Å²) in [7, 11) is 0. The quantitative estimate of drug-likeness (QED) is 0.547. The van der Waals surface area contributed by atoms with E-state index in [2.05, 4.69) is 47.3 Å². The predicted molar refractivity (Wildman–Crippen MR) is 88.6 cm³/mol. The average Bonchev–Trinajstić information content (AvgIpc) is 3.00. The van der Waals surface area contributed by atoms with E-state index in [1.165, 1.54) is 11.1 Å². The highest BCUT2D eigenvalue weighted by atomic mass is 15.2. The molecule has 0 amide bonds. The Bertz CT molecular complexity index is 939. The topological polar surface area (TPSA) is 30.2 Å². The molecule has 0 aliphatic rings. The SMILES string of the molecule is Cc1ccncc1-c1cccc2c(-c3ccccc3)cnn12. The summed E-state index contributed by atoms with van der Waals surface area (Å²) in [5.74, 6) is 0. The second kappa shape index (κ2) is 5.11. The van der Waals surface area contributed by atoms with Crippen molar-refractivity contribution in [2.45, 2.75) is 6.92 Å². The molecule has 3 heteroatoms. The molecule has 0 fully saturated rings. The standard InChI is InChI=1S/C19H15N3/c1-14-10-11-20-12-16(14)18-8-5-9-19-17(13-21-22(18)19)15-6-3-2-4-7-15/h2-13H,1H3. The minimum absolute atomic E-state index is 1.06. The molecule has 1 aromatic carbocycles. The summed E-state index contributed by atoms with van der Waals surface area (Å²) < 4.78 is 1.99. The molecule has 0 aliphatic heterocycles. The molecular weight excluding hydrogens is 270 g/mol. The summed E-state index contributed by atoms with van der Waals surface area (Å²) >= 11 is 0. The van der Waals surface area contributed by atoms with Crippen LogP contribution in [0.3, 0.4) is 0 Å². The van der Waals surface area contributed by atoms with E-state index in [-0.39, 0.29) is 0 Å². The fourth-order valence-corrected chi connectivity index (χ4v) is 2.79. The molecule has 0 saturated carbocycles. The minimum Gasteiger partial charge on any atom is -0.264 e. The van der Waals surface area contributed by atoms with Crippen molar-refractivity contribution in [1.82, 2.24) is 14.6 Å². The molecule has 4 rings (SSSR count). The van der Waals surface area contributed by atoms with Crippen LogP contribution in [0.15, 0.2) is 73.2 Å². The Labute approximate surface area is 128 Å². The molecule has 0 N–H and O–H groups in total. The molecule has 0 unspecified atom stereocenters. The van der Waals surface area contributed by atoms with Crippen LogP contribution in [0.4, 0.5) is 0 Å². The van der Waals surface area contributed by atoms with Crippen LogP contribution in [0.1, 0.15) is 5.56 Å². The molecule has 3 aromatic heterocycles. The van der Waals surface area contributed by atoms with Crippen LogP contribution in [0.2, 0.25) is 0 Å². The molecular formula is C19H15N3. The van der Waals surface area contributed by atoms with Gasteiger partial charge in [-0.15, -0.1) is 0 Å². The van der Waals surface area contributed by atoms with Gasteiger partial charge in [0.1, 0.15) is 0 Å². The van der Waals surface area contributed by atoms with E-state index < -0.39 is 0 Å². The van der Waals surface area contributed by atoms with E-state index in [9.17, 15) is 0 Å². The van der Waals surface area contributed by atoms with Crippen LogP contribution in [0.5, 0.6) is 0 Å². The maximum Gasteiger partial charge on any atom is 0.0747 e. The lowest BCUT2D eigenvalue weighted by atomic mass is 10.1. The molecule has 106 valence electrons. The van der Waals surface area contributed by atoms with Gasteiger partial charge in [-0.2, -0.15) is 5.10 Å². The maximum absolute atomic E-state index is 4.60. The number of fused-ring (bicyclic) bond motifs is 1. The van der Waals surface area contributed by atoms with Crippen LogP contribution >= 0.6 is 0 Å². The molecule has 3 heterocycles. The van der Waals surface area contributed by atoms with Crippen molar-refractivity contribution in [2.75, 3.05) is 0 Å². The smallest absolute Gasteiger partial charge is 0.0747 e. The monoisotopic (exact) mass is 285 g/mol. The van der Waals surface area contributed by atoms with Gasteiger partial charge in [-0.3, -0.25) is 4.98 Å². The molecule has 4 aromatic rings. The van der Waals surface area contributed by atoms with Crippen molar-refractivity contribution in [2.24, 2.45) is 0 Å². The number of hydrogen-bond acceptors (Lipinski definition) is 2. The van der Waals surface area contributed by atoms with E-state index in [1.807, 2.05) is 47.4 Å². The lowest BCUT2D eigenvalue weighted by Gasteiger charge is -2.08. The Morgan fingerprint density at radius 1 is 0.818 bits per heavy atom. The number of pyridine rings is 2. The van der Waals surface area contributed by atoms with Crippen LogP contribution in [0.25, 0.3) is 27.9 Å². The zero-order valence-electron chi connectivity index (χ0n) is 12.3. The maximum atomic E-state index is 4.60. The Hall–Kier alpha value is -2.94. The Morgan fingerprint density at radius 3 is 2.50 bits per heavy atom. The molecule has 0 aliphatic carbocycles. The third-order valence-corrected chi connectivity index (χ3v) is 3.94. The fraction of sp³-hybridized carbons (Fsp3) is 0.0526. The first kappa shape index (κ1) is 12.8. The zero-order valence-corrected chi connectivity index (χ0v) is 12.3. The number of aryl methyl sites for hydroxylation is 1. The summed E-state index contributed by atoms with van der Waals surface area (Å²) in [6.07, 6.45) is 5.64. The summed E-state index contributed by atoms with van der Waals surface area (Å²) in [6, 6.07) is 18.6. The Balaban J connectivity index is 1.97. The second-order valence-electron chi connectivity index (χ2n) is 5.32. The van der Waals surface area contributed by atoms with Gasteiger partial charge in [0.25, 0.3) is 0 Å². The highest BCUT2D eigenvalue weighted by Gasteiger charge is 2.11. The van der Waals surface area contributed by atoms with Crippen LogP contribution < -0.4 is 0 Å². The van der Waals surface area contributed by atoms with Crippen LogP contribution in [-0.2, 0) is 0 Å². The van der Waals surface area contributed by atoms with Gasteiger partial charge >= 0.3 is 0 Å². The highest BCUT2D eigenvalue weighted by Crippen LogP contribution is 2.29. The number of aromatic nitrogens is 3. The first-order chi connectivity index (χ1) is 10.8. The van der Waals surface area contributed by atoms with Crippen molar-refractivity contribution in [3.05, 3.63) is 78.8 Å². The van der Waals surface area contributed by atoms with E-state index in [1.54, 1.807) is 0 Å². The Morgan fingerprint density at radius 2 is 1.68 bits per heavy atom. The predicted octanol–water partition coefficient (Wildman–Crippen LogP) is 4.37. The van der Waals surface area contributed by atoms with Gasteiger partial charge in [0.2, 0.25) is 0 Å². The average molecular weight is 285 g/mol. The van der Waals surface area contributed by atoms with Gasteiger partial charge in [-0.1, -0.05) is 36.4 Å². The van der Waals surface area contributed by atoms with E-state index >= 15 is 0 Å². The van der Waals surface area contributed by atoms with Gasteiger partial charge in [-0.25, -0.2) is 4.52 Å². The summed E-state index contributed by atoms with van der Waals surface area (Å²) in [4.78, 5) is 4.25. The van der Waals surface area contributed by atoms with Gasteiger partial charge in [0, 0.05) is 23.5 Å². The molecule has 0 radical (unpaired) electrons. The van der Waals surface area contributed by atoms with Crippen LogP contribution in [0, 0.1) is 6.92 Å². The van der Waals surface area contributed by atoms with Gasteiger partial charge in [0.05, 0.1) is 17.4 Å². The van der Waals surface area contributed by atoms with E-state index in [4.69, 9.17) is 0 Å². The third-order valence-electron chi connectivity index (χ3n) is 3.94. The Kier molecular flexibility index (Phi) is 2.97. The zero-order chi connectivity index (χ0) is 14.9. The summed E-state index contributed by atoms with van der Waals surface area (Å²) in [5.41, 5.74) is 6.79. The number of benzene rings is 1. The number of hydrogen-bond donors (Lipinski definition) is 0. The summed E-state index contributed by atoms with van der Waals surface area (Å²) in [5, 5.41) is 4.60. The van der Waals surface area contributed by atoms with Crippen molar-refractivity contribution < 1.29 is 0 Å². The van der Waals surface area contributed by atoms with Crippen LogP contribution in [-0.4, -0.2) is 14.6 Å². The lowest BCUT2D eigenvalue weighted by Crippen LogP contribution is -1.95. The van der Waals surface area contributed by atoms with Gasteiger partial charge < -0.3 is 0 Å². The molecule has 22 heavy (non-hydrogen) atoms. The largest absolute Gasteiger partial charge is 0.264 e. The molecule has 3 nitrogen and oxygen atoms in total. The van der Waals surface area contributed by atoms with Crippen molar-refractivity contribution >= 4 is 5.52 Å². The normalized spacial score (nSPS) is 11.0. The first-order valence-electron chi connectivity index (χ1n) is 7.28. The number of nitrogens with zero attached hydrogens (tertiary/aromatic N) is 3.